The summed E-state index contributed by atoms with van der Waals surface area (Å²) in [7, 11) is 4.73. The minimum atomic E-state index is -0.0259. The Bertz CT molecular complexity index is 700. The minimum Gasteiger partial charge on any atom is -0.493 e. The van der Waals surface area contributed by atoms with Crippen LogP contribution in [-0.4, -0.2) is 27.2 Å². The highest BCUT2D eigenvalue weighted by Gasteiger charge is 2.14. The van der Waals surface area contributed by atoms with Gasteiger partial charge in [-0.2, -0.15) is 0 Å². The Hall–Kier alpha value is -2.69. The first kappa shape index (κ1) is 19.6. The molecule has 26 heavy (non-hydrogen) atoms. The largest absolute Gasteiger partial charge is 0.493 e. The zero-order valence-electron chi connectivity index (χ0n) is 15.9. The van der Waals surface area contributed by atoms with Crippen LogP contribution in [0.3, 0.4) is 0 Å². The fraction of sp³-hybridized carbons (Fsp3) is 0.381. The number of carbonyl (C=O) groups excluding carboxylic acids is 1. The van der Waals surface area contributed by atoms with Crippen molar-refractivity contribution in [2.45, 2.75) is 32.6 Å². The lowest BCUT2D eigenvalue weighted by molar-refractivity contribution is -0.116. The summed E-state index contributed by atoms with van der Waals surface area (Å²) in [5.74, 6) is 1.71. The minimum absolute atomic E-state index is 0.0259. The van der Waals surface area contributed by atoms with E-state index in [1.54, 1.807) is 21.3 Å². The molecule has 1 N–H and O–H groups in total. The lowest BCUT2D eigenvalue weighted by Gasteiger charge is -2.14. The molecule has 0 bridgehead atoms. The van der Waals surface area contributed by atoms with E-state index in [-0.39, 0.29) is 5.91 Å². The van der Waals surface area contributed by atoms with Crippen molar-refractivity contribution in [3.8, 4) is 17.2 Å². The number of hydrogen-bond donors (Lipinski definition) is 1. The molecule has 0 unspecified atom stereocenters. The van der Waals surface area contributed by atoms with Gasteiger partial charge in [0, 0.05) is 12.1 Å². The van der Waals surface area contributed by atoms with Crippen LogP contribution < -0.4 is 19.5 Å². The summed E-state index contributed by atoms with van der Waals surface area (Å²) in [5.41, 5.74) is 3.05. The molecule has 0 saturated heterocycles. The Morgan fingerprint density at radius 3 is 2.00 bits per heavy atom. The van der Waals surface area contributed by atoms with Crippen molar-refractivity contribution in [2.75, 3.05) is 26.6 Å². The van der Waals surface area contributed by atoms with Gasteiger partial charge in [-0.1, -0.05) is 25.5 Å². The highest BCUT2D eigenvalue weighted by atomic mass is 16.5. The molecule has 0 aliphatic rings. The van der Waals surface area contributed by atoms with Crippen molar-refractivity contribution in [3.05, 3.63) is 47.5 Å². The molecule has 2 rings (SSSR count). The van der Waals surface area contributed by atoms with E-state index in [0.717, 1.165) is 24.1 Å². The van der Waals surface area contributed by atoms with E-state index in [2.05, 4.69) is 24.4 Å². The Kier molecular flexibility index (Phi) is 7.33. The van der Waals surface area contributed by atoms with Crippen molar-refractivity contribution in [3.63, 3.8) is 0 Å². The number of rotatable bonds is 9. The highest BCUT2D eigenvalue weighted by Crippen LogP contribution is 2.38. The molecule has 0 atom stereocenters. The molecule has 0 saturated carbocycles. The van der Waals surface area contributed by atoms with Crippen molar-refractivity contribution in [1.82, 2.24) is 0 Å². The maximum atomic E-state index is 12.2. The van der Waals surface area contributed by atoms with E-state index < -0.39 is 0 Å². The summed E-state index contributed by atoms with van der Waals surface area (Å²) < 4.78 is 16.0. The van der Waals surface area contributed by atoms with Crippen LogP contribution >= 0.6 is 0 Å². The molecular formula is C21H27NO4. The first-order valence-electron chi connectivity index (χ1n) is 8.79. The molecule has 0 aromatic heterocycles. The first-order chi connectivity index (χ1) is 12.6. The molecular weight excluding hydrogens is 330 g/mol. The van der Waals surface area contributed by atoms with E-state index in [1.807, 2.05) is 24.3 Å². The number of anilines is 1. The molecule has 5 heteroatoms. The Labute approximate surface area is 155 Å². The zero-order chi connectivity index (χ0) is 18.9. The molecule has 2 aromatic carbocycles. The van der Waals surface area contributed by atoms with Gasteiger partial charge in [0.05, 0.1) is 21.3 Å². The summed E-state index contributed by atoms with van der Waals surface area (Å²) >= 11 is 0. The molecule has 0 aliphatic heterocycles. The van der Waals surface area contributed by atoms with Crippen molar-refractivity contribution in [2.24, 2.45) is 0 Å². The maximum absolute atomic E-state index is 12.2. The van der Waals surface area contributed by atoms with E-state index >= 15 is 0 Å². The summed E-state index contributed by atoms with van der Waals surface area (Å²) in [5, 5.41) is 2.94. The molecule has 0 aliphatic carbocycles. The fourth-order valence-electron chi connectivity index (χ4n) is 2.80. The van der Waals surface area contributed by atoms with Gasteiger partial charge in [0.2, 0.25) is 11.7 Å². The Balaban J connectivity index is 1.98. The number of methoxy groups -OCH3 is 3. The maximum Gasteiger partial charge on any atom is 0.224 e. The fourth-order valence-corrected chi connectivity index (χ4v) is 2.80. The average molecular weight is 357 g/mol. The normalized spacial score (nSPS) is 10.3. The van der Waals surface area contributed by atoms with Gasteiger partial charge < -0.3 is 19.5 Å². The first-order valence-corrected chi connectivity index (χ1v) is 8.79. The van der Waals surface area contributed by atoms with Gasteiger partial charge in [-0.05, 0) is 48.2 Å². The summed E-state index contributed by atoms with van der Waals surface area (Å²) in [4.78, 5) is 12.2. The number of ether oxygens (including phenoxy) is 3. The van der Waals surface area contributed by atoms with Gasteiger partial charge in [-0.15, -0.1) is 0 Å². The lowest BCUT2D eigenvalue weighted by atomic mass is 10.1. The second kappa shape index (κ2) is 9.70. The van der Waals surface area contributed by atoms with Gasteiger partial charge in [0.25, 0.3) is 0 Å². The molecule has 0 heterocycles. The average Bonchev–Trinajstić information content (AvgIpc) is 2.67. The number of carbonyl (C=O) groups is 1. The van der Waals surface area contributed by atoms with Crippen molar-refractivity contribution < 1.29 is 19.0 Å². The number of aryl methyl sites for hydroxylation is 2. The molecule has 1 amide bonds. The van der Waals surface area contributed by atoms with E-state index in [1.165, 1.54) is 5.56 Å². The van der Waals surface area contributed by atoms with Crippen LogP contribution in [0.5, 0.6) is 17.2 Å². The number of benzene rings is 2. The van der Waals surface area contributed by atoms with Gasteiger partial charge >= 0.3 is 0 Å². The second-order valence-electron chi connectivity index (χ2n) is 6.03. The number of hydrogen-bond acceptors (Lipinski definition) is 4. The van der Waals surface area contributed by atoms with Crippen LogP contribution in [0, 0.1) is 0 Å². The van der Waals surface area contributed by atoms with E-state index in [9.17, 15) is 4.79 Å². The molecule has 5 nitrogen and oxygen atoms in total. The molecule has 2 aromatic rings. The van der Waals surface area contributed by atoms with E-state index in [0.29, 0.717) is 30.1 Å². The molecule has 0 radical (unpaired) electrons. The number of nitrogens with one attached hydrogen (secondary N) is 1. The van der Waals surface area contributed by atoms with Gasteiger partial charge in [-0.3, -0.25) is 4.79 Å². The molecule has 140 valence electrons. The van der Waals surface area contributed by atoms with Crippen LogP contribution in [-0.2, 0) is 17.6 Å². The molecule has 0 fully saturated rings. The third-order valence-electron chi connectivity index (χ3n) is 4.14. The van der Waals surface area contributed by atoms with Crippen LogP contribution in [0.25, 0.3) is 0 Å². The van der Waals surface area contributed by atoms with Crippen LogP contribution in [0.1, 0.15) is 30.9 Å². The van der Waals surface area contributed by atoms with Gasteiger partial charge in [0.1, 0.15) is 0 Å². The monoisotopic (exact) mass is 357 g/mol. The highest BCUT2D eigenvalue weighted by molar-refractivity contribution is 5.90. The van der Waals surface area contributed by atoms with Gasteiger partial charge in [0.15, 0.2) is 11.5 Å². The second-order valence-corrected chi connectivity index (χ2v) is 6.03. The third-order valence-corrected chi connectivity index (χ3v) is 4.14. The predicted octanol–water partition coefficient (Wildman–Crippen LogP) is 4.24. The quantitative estimate of drug-likeness (QED) is 0.729. The van der Waals surface area contributed by atoms with Crippen LogP contribution in [0.15, 0.2) is 36.4 Å². The van der Waals surface area contributed by atoms with Crippen molar-refractivity contribution >= 4 is 11.6 Å². The van der Waals surface area contributed by atoms with E-state index in [4.69, 9.17) is 14.2 Å². The lowest BCUT2D eigenvalue weighted by Crippen LogP contribution is -2.12. The topological polar surface area (TPSA) is 56.8 Å². The van der Waals surface area contributed by atoms with Crippen LogP contribution in [0.4, 0.5) is 5.69 Å². The third kappa shape index (κ3) is 5.15. The zero-order valence-corrected chi connectivity index (χ0v) is 15.9. The predicted molar refractivity (Wildman–Crippen MR) is 103 cm³/mol. The Morgan fingerprint density at radius 2 is 1.50 bits per heavy atom. The standard InChI is InChI=1S/C21H27NO4/c1-5-6-15-7-10-17(11-8-15)22-20(23)12-9-16-13-18(24-2)21(26-4)19(14-16)25-3/h7-8,10-11,13-14H,5-6,9,12H2,1-4H3,(H,22,23). The molecule has 0 spiro atoms. The SMILES string of the molecule is CCCc1ccc(NC(=O)CCc2cc(OC)c(OC)c(OC)c2)cc1. The van der Waals surface area contributed by atoms with Crippen LogP contribution in [0.2, 0.25) is 0 Å². The van der Waals surface area contributed by atoms with Crippen molar-refractivity contribution in [1.29, 1.82) is 0 Å². The van der Waals surface area contributed by atoms with Gasteiger partial charge in [-0.25, -0.2) is 0 Å². The Morgan fingerprint density at radius 1 is 0.885 bits per heavy atom. The summed E-state index contributed by atoms with van der Waals surface area (Å²) in [6.07, 6.45) is 3.11. The summed E-state index contributed by atoms with van der Waals surface area (Å²) in [6.45, 7) is 2.15. The number of amides is 1. The smallest absolute Gasteiger partial charge is 0.224 e. The summed E-state index contributed by atoms with van der Waals surface area (Å²) in [6, 6.07) is 11.7.